The fourth-order valence-corrected chi connectivity index (χ4v) is 5.82. The maximum Gasteiger partial charge on any atom is 0.267 e. The summed E-state index contributed by atoms with van der Waals surface area (Å²) < 4.78 is 5.52. The predicted molar refractivity (Wildman–Crippen MR) is 146 cm³/mol. The molecule has 0 bridgehead atoms. The van der Waals surface area contributed by atoms with Gasteiger partial charge >= 0.3 is 0 Å². The molecule has 0 saturated carbocycles. The average Bonchev–Trinajstić information content (AvgIpc) is 3.44. The van der Waals surface area contributed by atoms with Gasteiger partial charge in [-0.2, -0.15) is 0 Å². The summed E-state index contributed by atoms with van der Waals surface area (Å²) in [4.78, 5) is 23.0. The molecule has 3 aromatic rings. The number of anilines is 1. The van der Waals surface area contributed by atoms with Gasteiger partial charge in [0.1, 0.15) is 5.76 Å². The molecule has 6 heteroatoms. The normalized spacial score (nSPS) is 19.4. The van der Waals surface area contributed by atoms with E-state index >= 15 is 0 Å². The molecule has 0 N–H and O–H groups in total. The average molecular weight is 484 g/mol. The van der Waals surface area contributed by atoms with Crippen molar-refractivity contribution < 1.29 is 9.21 Å². The highest BCUT2D eigenvalue weighted by atomic mass is 32.2. The summed E-state index contributed by atoms with van der Waals surface area (Å²) in [5.74, 6) is 0.653. The molecule has 178 valence electrons. The molecule has 3 heterocycles. The van der Waals surface area contributed by atoms with Crippen LogP contribution >= 0.6 is 11.8 Å². The number of hydrogen-bond donors (Lipinski definition) is 0. The van der Waals surface area contributed by atoms with Crippen LogP contribution in [0.25, 0.3) is 11.6 Å². The molecule has 2 aliphatic rings. The molecular weight excluding hydrogens is 454 g/mol. The van der Waals surface area contributed by atoms with E-state index in [4.69, 9.17) is 9.41 Å². The Hall–Kier alpha value is -3.51. The van der Waals surface area contributed by atoms with E-state index in [1.165, 1.54) is 28.6 Å². The minimum Gasteiger partial charge on any atom is -0.467 e. The van der Waals surface area contributed by atoms with Gasteiger partial charge in [0, 0.05) is 17.8 Å². The lowest BCUT2D eigenvalue weighted by molar-refractivity contribution is -0.122. The number of rotatable bonds is 5. The van der Waals surface area contributed by atoms with Crippen molar-refractivity contribution in [2.75, 3.05) is 11.4 Å². The molecule has 0 unspecified atom stereocenters. The van der Waals surface area contributed by atoms with E-state index < -0.39 is 0 Å². The number of furan rings is 1. The highest BCUT2D eigenvalue weighted by Gasteiger charge is 2.34. The van der Waals surface area contributed by atoms with Gasteiger partial charge in [0.25, 0.3) is 5.91 Å². The Balaban J connectivity index is 1.51. The Morgan fingerprint density at radius 3 is 2.60 bits per heavy atom. The molecule has 0 spiro atoms. The number of nitrogens with zero attached hydrogens (tertiary/aromatic N) is 3. The minimum absolute atomic E-state index is 0.0295. The van der Waals surface area contributed by atoms with Crippen LogP contribution in [0.5, 0.6) is 0 Å². The standard InChI is InChI=1S/C29H29N3O2S/c1-5-32-25-14-13-21(16-24(25)20(2)18-29(32,3)4)17-26-27(33)31(19-23-12-9-15-34-23)28(35-26)30-22-10-7-6-8-11-22/h6-18H,5,19H2,1-4H3/b26-17+,30-28?. The van der Waals surface area contributed by atoms with Gasteiger partial charge in [-0.25, -0.2) is 4.99 Å². The molecule has 2 aromatic carbocycles. The van der Waals surface area contributed by atoms with Crippen LogP contribution in [0.15, 0.2) is 87.3 Å². The molecule has 35 heavy (non-hydrogen) atoms. The summed E-state index contributed by atoms with van der Waals surface area (Å²) in [5, 5.41) is 0.650. The molecule has 2 aliphatic heterocycles. The lowest BCUT2D eigenvalue weighted by Crippen LogP contribution is -2.44. The SMILES string of the molecule is CCN1c2ccc(/C=C3/SC(=Nc4ccccc4)N(Cc4ccco4)C3=O)cc2C(C)=CC1(C)C. The second-order valence-corrected chi connectivity index (χ2v) is 10.3. The third-order valence-corrected chi connectivity index (χ3v) is 7.39. The number of likely N-dealkylation sites (N-methyl/N-ethyl adjacent to an activating group) is 1. The Bertz CT molecular complexity index is 1340. The summed E-state index contributed by atoms with van der Waals surface area (Å²) in [5.41, 5.74) is 5.48. The first-order valence-electron chi connectivity index (χ1n) is 11.8. The monoisotopic (exact) mass is 483 g/mol. The van der Waals surface area contributed by atoms with Crippen LogP contribution in [-0.4, -0.2) is 28.1 Å². The van der Waals surface area contributed by atoms with Crippen LogP contribution in [0.2, 0.25) is 0 Å². The summed E-state index contributed by atoms with van der Waals surface area (Å²) >= 11 is 1.40. The highest BCUT2D eigenvalue weighted by Crippen LogP contribution is 2.40. The summed E-state index contributed by atoms with van der Waals surface area (Å²) in [6, 6.07) is 19.9. The molecule has 0 radical (unpaired) electrons. The van der Waals surface area contributed by atoms with Crippen molar-refractivity contribution in [1.29, 1.82) is 0 Å². The van der Waals surface area contributed by atoms with E-state index in [2.05, 4.69) is 56.9 Å². The molecular formula is C29H29N3O2S. The number of amidine groups is 1. The maximum atomic E-state index is 13.5. The zero-order valence-corrected chi connectivity index (χ0v) is 21.3. The summed E-state index contributed by atoms with van der Waals surface area (Å²) in [7, 11) is 0. The Morgan fingerprint density at radius 1 is 1.09 bits per heavy atom. The van der Waals surface area contributed by atoms with Crippen LogP contribution in [0.1, 0.15) is 44.6 Å². The zero-order chi connectivity index (χ0) is 24.6. The smallest absolute Gasteiger partial charge is 0.267 e. The molecule has 1 saturated heterocycles. The van der Waals surface area contributed by atoms with Crippen molar-refractivity contribution in [3.05, 3.63) is 94.8 Å². The van der Waals surface area contributed by atoms with E-state index in [-0.39, 0.29) is 11.4 Å². The molecule has 5 nitrogen and oxygen atoms in total. The highest BCUT2D eigenvalue weighted by molar-refractivity contribution is 8.18. The van der Waals surface area contributed by atoms with Crippen molar-refractivity contribution in [3.8, 4) is 0 Å². The Kier molecular flexibility index (Phi) is 6.15. The van der Waals surface area contributed by atoms with Gasteiger partial charge in [0.15, 0.2) is 5.17 Å². The largest absolute Gasteiger partial charge is 0.467 e. The lowest BCUT2D eigenvalue weighted by atomic mass is 9.88. The minimum atomic E-state index is -0.0672. The first-order chi connectivity index (χ1) is 16.9. The van der Waals surface area contributed by atoms with Gasteiger partial charge in [-0.05, 0) is 93.1 Å². The number of para-hydroxylation sites is 1. The predicted octanol–water partition coefficient (Wildman–Crippen LogP) is 7.11. The quantitative estimate of drug-likeness (QED) is 0.363. The van der Waals surface area contributed by atoms with Gasteiger partial charge in [-0.15, -0.1) is 0 Å². The number of thioether (sulfide) groups is 1. The molecule has 1 amide bonds. The number of carbonyl (C=O) groups excluding carboxylic acids is 1. The number of amides is 1. The molecule has 5 rings (SSSR count). The van der Waals surface area contributed by atoms with Gasteiger partial charge in [0.05, 0.1) is 28.9 Å². The van der Waals surface area contributed by atoms with E-state index in [1.807, 2.05) is 48.5 Å². The second kappa shape index (κ2) is 9.27. The van der Waals surface area contributed by atoms with E-state index in [0.29, 0.717) is 16.6 Å². The van der Waals surface area contributed by atoms with Crippen LogP contribution in [0, 0.1) is 0 Å². The van der Waals surface area contributed by atoms with E-state index in [0.717, 1.165) is 23.6 Å². The van der Waals surface area contributed by atoms with Crippen LogP contribution in [0.4, 0.5) is 11.4 Å². The molecule has 0 atom stereocenters. The van der Waals surface area contributed by atoms with Crippen LogP contribution in [0.3, 0.4) is 0 Å². The maximum absolute atomic E-state index is 13.5. The third kappa shape index (κ3) is 4.58. The van der Waals surface area contributed by atoms with Crippen molar-refractivity contribution in [1.82, 2.24) is 4.90 Å². The number of aliphatic imine (C=N–C) groups is 1. The van der Waals surface area contributed by atoms with Gasteiger partial charge in [-0.1, -0.05) is 30.3 Å². The van der Waals surface area contributed by atoms with Crippen molar-refractivity contribution in [3.63, 3.8) is 0 Å². The second-order valence-electron chi connectivity index (χ2n) is 9.31. The number of benzene rings is 2. The first kappa shape index (κ1) is 23.2. The molecule has 1 aromatic heterocycles. The number of hydrogen-bond acceptors (Lipinski definition) is 5. The summed E-state index contributed by atoms with van der Waals surface area (Å²) in [6.07, 6.45) is 5.91. The zero-order valence-electron chi connectivity index (χ0n) is 20.5. The third-order valence-electron chi connectivity index (χ3n) is 6.38. The van der Waals surface area contributed by atoms with Crippen molar-refractivity contribution in [2.45, 2.75) is 39.8 Å². The van der Waals surface area contributed by atoms with Crippen LogP contribution in [-0.2, 0) is 11.3 Å². The van der Waals surface area contributed by atoms with Gasteiger partial charge < -0.3 is 9.32 Å². The van der Waals surface area contributed by atoms with Crippen molar-refractivity contribution >= 4 is 45.9 Å². The fraction of sp³-hybridized carbons (Fsp3) is 0.241. The van der Waals surface area contributed by atoms with Crippen LogP contribution < -0.4 is 4.90 Å². The lowest BCUT2D eigenvalue weighted by Gasteiger charge is -2.42. The molecule has 0 aliphatic carbocycles. The fourth-order valence-electron chi connectivity index (χ4n) is 4.82. The number of fused-ring (bicyclic) bond motifs is 1. The topological polar surface area (TPSA) is 49.0 Å². The van der Waals surface area contributed by atoms with Gasteiger partial charge in [0.2, 0.25) is 0 Å². The number of carbonyl (C=O) groups is 1. The van der Waals surface area contributed by atoms with Crippen molar-refractivity contribution in [2.24, 2.45) is 4.99 Å². The van der Waals surface area contributed by atoms with E-state index in [9.17, 15) is 4.79 Å². The Labute approximate surface area is 210 Å². The summed E-state index contributed by atoms with van der Waals surface area (Å²) in [6.45, 7) is 10.1. The van der Waals surface area contributed by atoms with Gasteiger partial charge in [-0.3, -0.25) is 9.69 Å². The number of allylic oxidation sites excluding steroid dienone is 1. The van der Waals surface area contributed by atoms with E-state index in [1.54, 1.807) is 11.2 Å². The molecule has 1 fully saturated rings. The Morgan fingerprint density at radius 2 is 1.89 bits per heavy atom. The first-order valence-corrected chi connectivity index (χ1v) is 12.7.